The fourth-order valence-corrected chi connectivity index (χ4v) is 4.61. The zero-order valence-corrected chi connectivity index (χ0v) is 21.2. The quantitative estimate of drug-likeness (QED) is 0.250. The van der Waals surface area contributed by atoms with Crippen molar-refractivity contribution in [2.75, 3.05) is 26.7 Å². The van der Waals surface area contributed by atoms with Gasteiger partial charge < -0.3 is 15.1 Å². The number of benzene rings is 1. The van der Waals surface area contributed by atoms with Crippen molar-refractivity contribution in [2.24, 2.45) is 4.99 Å². The molecule has 2 N–H and O–H groups in total. The summed E-state index contributed by atoms with van der Waals surface area (Å²) >= 11 is 1.82. The van der Waals surface area contributed by atoms with Crippen molar-refractivity contribution >= 4 is 41.3 Å². The number of hydrogen-bond acceptors (Lipinski definition) is 5. The second kappa shape index (κ2) is 11.6. The van der Waals surface area contributed by atoms with Crippen LogP contribution in [0.3, 0.4) is 0 Å². The number of hydrogen-bond donors (Lipinski definition) is 2. The van der Waals surface area contributed by atoms with Gasteiger partial charge in [0.1, 0.15) is 6.26 Å². The fourth-order valence-electron chi connectivity index (χ4n) is 3.75. The van der Waals surface area contributed by atoms with Crippen LogP contribution in [0.15, 0.2) is 57.5 Å². The molecular formula is C23H30IN5OS. The number of thiophene rings is 1. The Morgan fingerprint density at radius 3 is 2.65 bits per heavy atom. The van der Waals surface area contributed by atoms with Crippen molar-refractivity contribution in [1.82, 2.24) is 20.5 Å². The van der Waals surface area contributed by atoms with Gasteiger partial charge in [0, 0.05) is 24.0 Å². The van der Waals surface area contributed by atoms with Crippen LogP contribution in [0, 0.1) is 6.92 Å². The molecule has 1 aromatic carbocycles. The van der Waals surface area contributed by atoms with Gasteiger partial charge in [0.15, 0.2) is 5.96 Å². The standard InChI is InChI=1S/C23H29N5OS.HI/c1-17-7-9-18(10-8-17)22-27-19(16-29-22)14-25-23(24-2)26-15-20(21-6-5-13-30-21)28-11-3-4-12-28;/h5-10,13,16,20H,3-4,11-12,14-15H2,1-2H3,(H2,24,25,26);1H. The van der Waals surface area contributed by atoms with Gasteiger partial charge in [-0.2, -0.15) is 0 Å². The van der Waals surface area contributed by atoms with Gasteiger partial charge in [-0.25, -0.2) is 4.98 Å². The highest BCUT2D eigenvalue weighted by Gasteiger charge is 2.24. The number of halogens is 1. The maximum absolute atomic E-state index is 5.65. The third-order valence-electron chi connectivity index (χ3n) is 5.43. The Morgan fingerprint density at radius 2 is 1.97 bits per heavy atom. The topological polar surface area (TPSA) is 65.7 Å². The molecule has 1 aliphatic rings. The van der Waals surface area contributed by atoms with Crippen LogP contribution in [0.4, 0.5) is 0 Å². The molecule has 4 rings (SSSR count). The zero-order valence-electron chi connectivity index (χ0n) is 18.0. The number of nitrogens with zero attached hydrogens (tertiary/aromatic N) is 3. The van der Waals surface area contributed by atoms with Crippen LogP contribution < -0.4 is 10.6 Å². The molecule has 6 nitrogen and oxygen atoms in total. The van der Waals surface area contributed by atoms with Crippen molar-refractivity contribution in [3.63, 3.8) is 0 Å². The molecule has 1 aliphatic heterocycles. The Morgan fingerprint density at radius 1 is 1.19 bits per heavy atom. The summed E-state index contributed by atoms with van der Waals surface area (Å²) in [6, 6.07) is 12.9. The molecule has 0 saturated carbocycles. The Kier molecular flexibility index (Phi) is 8.91. The second-order valence-electron chi connectivity index (χ2n) is 7.59. The van der Waals surface area contributed by atoms with E-state index < -0.39 is 0 Å². The van der Waals surface area contributed by atoms with Crippen LogP contribution in [0.1, 0.15) is 35.0 Å². The maximum Gasteiger partial charge on any atom is 0.226 e. The van der Waals surface area contributed by atoms with Crippen molar-refractivity contribution < 1.29 is 4.42 Å². The highest BCUT2D eigenvalue weighted by atomic mass is 127. The summed E-state index contributed by atoms with van der Waals surface area (Å²) < 4.78 is 5.65. The molecular weight excluding hydrogens is 521 g/mol. The number of nitrogens with one attached hydrogen (secondary N) is 2. The molecule has 1 saturated heterocycles. The number of rotatable bonds is 7. The first-order valence-corrected chi connectivity index (χ1v) is 11.3. The number of aryl methyl sites for hydroxylation is 1. The number of guanidine groups is 1. The minimum absolute atomic E-state index is 0. The fraction of sp³-hybridized carbons (Fsp3) is 0.391. The first-order valence-electron chi connectivity index (χ1n) is 10.5. The van der Waals surface area contributed by atoms with E-state index in [9.17, 15) is 0 Å². The van der Waals surface area contributed by atoms with E-state index in [4.69, 9.17) is 4.42 Å². The molecule has 8 heteroatoms. The van der Waals surface area contributed by atoms with Crippen molar-refractivity contribution in [2.45, 2.75) is 32.4 Å². The van der Waals surface area contributed by atoms with E-state index in [1.807, 2.05) is 23.5 Å². The molecule has 3 aromatic rings. The van der Waals surface area contributed by atoms with Crippen LogP contribution in [0.2, 0.25) is 0 Å². The lowest BCUT2D eigenvalue weighted by Crippen LogP contribution is -2.42. The van der Waals surface area contributed by atoms with Crippen molar-refractivity contribution in [3.05, 3.63) is 64.2 Å². The molecule has 2 aromatic heterocycles. The number of oxazole rings is 1. The summed E-state index contributed by atoms with van der Waals surface area (Å²) in [5, 5.41) is 9.00. The Labute approximate surface area is 205 Å². The summed E-state index contributed by atoms with van der Waals surface area (Å²) in [7, 11) is 1.80. The summed E-state index contributed by atoms with van der Waals surface area (Å²) in [5.74, 6) is 1.41. The van der Waals surface area contributed by atoms with E-state index in [0.29, 0.717) is 18.5 Å². The van der Waals surface area contributed by atoms with E-state index in [1.165, 1.54) is 23.3 Å². The number of aromatic nitrogens is 1. The maximum atomic E-state index is 5.65. The Bertz CT molecular complexity index is 949. The smallest absolute Gasteiger partial charge is 0.226 e. The van der Waals surface area contributed by atoms with Gasteiger partial charge in [-0.15, -0.1) is 35.3 Å². The molecule has 0 amide bonds. The Hall–Kier alpha value is -1.91. The van der Waals surface area contributed by atoms with Crippen LogP contribution in [-0.4, -0.2) is 42.5 Å². The SMILES string of the molecule is CN=C(NCc1coc(-c2ccc(C)cc2)n1)NCC(c1cccs1)N1CCCC1.I. The van der Waals surface area contributed by atoms with Crippen LogP contribution in [0.5, 0.6) is 0 Å². The summed E-state index contributed by atoms with van der Waals surface area (Å²) in [4.78, 5) is 12.9. The molecule has 166 valence electrons. The van der Waals surface area contributed by atoms with Gasteiger partial charge in [0.2, 0.25) is 5.89 Å². The average Bonchev–Trinajstić information content (AvgIpc) is 3.54. The van der Waals surface area contributed by atoms with Gasteiger partial charge >= 0.3 is 0 Å². The van der Waals surface area contributed by atoms with E-state index in [2.05, 4.69) is 62.1 Å². The molecule has 31 heavy (non-hydrogen) atoms. The predicted octanol–water partition coefficient (Wildman–Crippen LogP) is 4.83. The molecule has 3 heterocycles. The zero-order chi connectivity index (χ0) is 20.8. The molecule has 1 atom stereocenters. The molecule has 0 aliphatic carbocycles. The molecule has 1 unspecified atom stereocenters. The Balaban J connectivity index is 0.00000272. The summed E-state index contributed by atoms with van der Waals surface area (Å²) in [5.41, 5.74) is 3.05. The van der Waals surface area contributed by atoms with Crippen LogP contribution in [-0.2, 0) is 6.54 Å². The molecule has 0 bridgehead atoms. The molecule has 0 spiro atoms. The van der Waals surface area contributed by atoms with Crippen LogP contribution >= 0.6 is 35.3 Å². The predicted molar refractivity (Wildman–Crippen MR) is 138 cm³/mol. The van der Waals surface area contributed by atoms with E-state index in [1.54, 1.807) is 13.3 Å². The minimum atomic E-state index is 0. The molecule has 1 fully saturated rings. The normalized spacial score (nSPS) is 15.5. The second-order valence-corrected chi connectivity index (χ2v) is 8.57. The van der Waals surface area contributed by atoms with Crippen LogP contribution in [0.25, 0.3) is 11.5 Å². The average molecular weight is 551 g/mol. The largest absolute Gasteiger partial charge is 0.444 e. The lowest BCUT2D eigenvalue weighted by atomic mass is 10.1. The van der Waals surface area contributed by atoms with E-state index in [0.717, 1.165) is 36.9 Å². The first kappa shape index (κ1) is 23.7. The van der Waals surface area contributed by atoms with Gasteiger partial charge in [-0.1, -0.05) is 23.8 Å². The van der Waals surface area contributed by atoms with E-state index >= 15 is 0 Å². The third-order valence-corrected chi connectivity index (χ3v) is 6.40. The van der Waals surface area contributed by atoms with E-state index in [-0.39, 0.29) is 24.0 Å². The molecule has 0 radical (unpaired) electrons. The number of aliphatic imine (C=N–C) groups is 1. The van der Waals surface area contributed by atoms with Gasteiger partial charge in [0.05, 0.1) is 18.3 Å². The summed E-state index contributed by atoms with van der Waals surface area (Å²) in [6.07, 6.45) is 4.27. The highest BCUT2D eigenvalue weighted by Crippen LogP contribution is 2.27. The van der Waals surface area contributed by atoms with Gasteiger partial charge in [-0.05, 0) is 56.4 Å². The monoisotopic (exact) mass is 551 g/mol. The lowest BCUT2D eigenvalue weighted by Gasteiger charge is -2.27. The first-order chi connectivity index (χ1) is 14.7. The number of likely N-dealkylation sites (tertiary alicyclic amines) is 1. The van der Waals surface area contributed by atoms with Gasteiger partial charge in [0.25, 0.3) is 0 Å². The van der Waals surface area contributed by atoms with Gasteiger partial charge in [-0.3, -0.25) is 9.89 Å². The van der Waals surface area contributed by atoms with Crippen molar-refractivity contribution in [3.8, 4) is 11.5 Å². The summed E-state index contributed by atoms with van der Waals surface area (Å²) in [6.45, 7) is 5.78. The third kappa shape index (κ3) is 6.30. The van der Waals surface area contributed by atoms with Crippen molar-refractivity contribution in [1.29, 1.82) is 0 Å². The minimum Gasteiger partial charge on any atom is -0.444 e. The lowest BCUT2D eigenvalue weighted by molar-refractivity contribution is 0.249. The highest BCUT2D eigenvalue weighted by molar-refractivity contribution is 14.0.